The number of nitrogens with zero attached hydrogens (tertiary/aromatic N) is 1. The molecule has 1 heterocycles. The molecule has 1 aliphatic heterocycles. The van der Waals surface area contributed by atoms with Crippen molar-refractivity contribution in [2.45, 2.75) is 32.5 Å². The van der Waals surface area contributed by atoms with Crippen LogP contribution >= 0.6 is 0 Å². The first-order valence-corrected chi connectivity index (χ1v) is 9.55. The van der Waals surface area contributed by atoms with Crippen LogP contribution in [0.25, 0.3) is 0 Å². The number of rotatable bonds is 6. The first kappa shape index (κ1) is 19.7. The number of piperidine rings is 1. The van der Waals surface area contributed by atoms with Crippen molar-refractivity contribution in [1.29, 1.82) is 0 Å². The van der Waals surface area contributed by atoms with E-state index in [2.05, 4.69) is 0 Å². The summed E-state index contributed by atoms with van der Waals surface area (Å²) < 4.78 is 16.3. The summed E-state index contributed by atoms with van der Waals surface area (Å²) in [7, 11) is 0. The van der Waals surface area contributed by atoms with Crippen LogP contribution < -0.4 is 4.74 Å². The normalized spacial score (nSPS) is 14.4. The number of likely N-dealkylation sites (tertiary alicyclic amines) is 1. The minimum atomic E-state index is -0.337. The van der Waals surface area contributed by atoms with Gasteiger partial charge in [-0.15, -0.1) is 0 Å². The molecule has 0 unspecified atom stereocenters. The lowest BCUT2D eigenvalue weighted by Gasteiger charge is -2.31. The SMILES string of the molecule is CCOC(=O)c1ccc(OC2CCN(C(=O)OCc3ccccc3)CC2)cc1. The van der Waals surface area contributed by atoms with Gasteiger partial charge in [0.05, 0.1) is 12.2 Å². The van der Waals surface area contributed by atoms with Gasteiger partial charge in [0.1, 0.15) is 18.5 Å². The van der Waals surface area contributed by atoms with Gasteiger partial charge in [0.15, 0.2) is 0 Å². The predicted molar refractivity (Wildman–Crippen MR) is 104 cm³/mol. The monoisotopic (exact) mass is 383 g/mol. The highest BCUT2D eigenvalue weighted by atomic mass is 16.6. The van der Waals surface area contributed by atoms with E-state index >= 15 is 0 Å². The lowest BCUT2D eigenvalue weighted by molar-refractivity contribution is 0.0526. The Morgan fingerprint density at radius 3 is 2.29 bits per heavy atom. The first-order chi connectivity index (χ1) is 13.7. The van der Waals surface area contributed by atoms with Crippen LogP contribution in [0.1, 0.15) is 35.7 Å². The molecule has 1 saturated heterocycles. The Morgan fingerprint density at radius 1 is 0.964 bits per heavy atom. The summed E-state index contributed by atoms with van der Waals surface area (Å²) in [5.74, 6) is 0.370. The molecule has 1 fully saturated rings. The third kappa shape index (κ3) is 5.49. The van der Waals surface area contributed by atoms with Crippen LogP contribution in [0.15, 0.2) is 54.6 Å². The molecule has 6 heteroatoms. The molecule has 0 spiro atoms. The fraction of sp³-hybridized carbons (Fsp3) is 0.364. The molecule has 1 aliphatic rings. The first-order valence-electron chi connectivity index (χ1n) is 9.55. The maximum Gasteiger partial charge on any atom is 0.410 e. The maximum atomic E-state index is 12.2. The van der Waals surface area contributed by atoms with Crippen molar-refractivity contribution >= 4 is 12.1 Å². The zero-order chi connectivity index (χ0) is 19.8. The van der Waals surface area contributed by atoms with Gasteiger partial charge in [-0.1, -0.05) is 30.3 Å². The Morgan fingerprint density at radius 2 is 1.64 bits per heavy atom. The minimum absolute atomic E-state index is 0.0339. The zero-order valence-corrected chi connectivity index (χ0v) is 16.0. The molecule has 1 amide bonds. The van der Waals surface area contributed by atoms with E-state index in [1.165, 1.54) is 0 Å². The van der Waals surface area contributed by atoms with E-state index in [9.17, 15) is 9.59 Å². The fourth-order valence-electron chi connectivity index (χ4n) is 3.04. The van der Waals surface area contributed by atoms with E-state index in [1.807, 2.05) is 30.3 Å². The molecule has 28 heavy (non-hydrogen) atoms. The van der Waals surface area contributed by atoms with Crippen molar-refractivity contribution in [2.24, 2.45) is 0 Å². The molecule has 2 aromatic carbocycles. The van der Waals surface area contributed by atoms with Gasteiger partial charge in [-0.05, 0) is 36.8 Å². The van der Waals surface area contributed by atoms with Crippen LogP contribution in [-0.4, -0.2) is 42.8 Å². The van der Waals surface area contributed by atoms with E-state index in [4.69, 9.17) is 14.2 Å². The number of benzene rings is 2. The quantitative estimate of drug-likeness (QED) is 0.705. The molecule has 0 aliphatic carbocycles. The van der Waals surface area contributed by atoms with Gasteiger partial charge in [-0.2, -0.15) is 0 Å². The highest BCUT2D eigenvalue weighted by Gasteiger charge is 2.25. The van der Waals surface area contributed by atoms with Gasteiger partial charge in [-0.3, -0.25) is 0 Å². The molecule has 6 nitrogen and oxygen atoms in total. The summed E-state index contributed by atoms with van der Waals surface area (Å²) >= 11 is 0. The second-order valence-corrected chi connectivity index (χ2v) is 6.59. The number of carbonyl (C=O) groups is 2. The zero-order valence-electron chi connectivity index (χ0n) is 16.0. The fourth-order valence-corrected chi connectivity index (χ4v) is 3.04. The molecule has 0 radical (unpaired) electrons. The second-order valence-electron chi connectivity index (χ2n) is 6.59. The largest absolute Gasteiger partial charge is 0.490 e. The highest BCUT2D eigenvalue weighted by Crippen LogP contribution is 2.20. The van der Waals surface area contributed by atoms with Crippen molar-refractivity contribution in [3.63, 3.8) is 0 Å². The average Bonchev–Trinajstić information content (AvgIpc) is 2.74. The van der Waals surface area contributed by atoms with Crippen molar-refractivity contribution in [1.82, 2.24) is 4.90 Å². The molecule has 0 bridgehead atoms. The number of amides is 1. The Labute approximate surface area is 165 Å². The van der Waals surface area contributed by atoms with Crippen LogP contribution in [0.3, 0.4) is 0 Å². The van der Waals surface area contributed by atoms with Gasteiger partial charge < -0.3 is 19.1 Å². The van der Waals surface area contributed by atoms with E-state index < -0.39 is 0 Å². The summed E-state index contributed by atoms with van der Waals surface area (Å²) in [5.41, 5.74) is 1.48. The molecule has 2 aromatic rings. The van der Waals surface area contributed by atoms with Crippen molar-refractivity contribution in [2.75, 3.05) is 19.7 Å². The van der Waals surface area contributed by atoms with Crippen LogP contribution in [0.5, 0.6) is 5.75 Å². The lowest BCUT2D eigenvalue weighted by atomic mass is 10.1. The number of hydrogen-bond donors (Lipinski definition) is 0. The van der Waals surface area contributed by atoms with Gasteiger partial charge in [0.25, 0.3) is 0 Å². The molecule has 3 rings (SSSR count). The third-order valence-electron chi connectivity index (χ3n) is 4.57. The minimum Gasteiger partial charge on any atom is -0.490 e. The van der Waals surface area contributed by atoms with Gasteiger partial charge in [-0.25, -0.2) is 9.59 Å². The number of carbonyl (C=O) groups excluding carboxylic acids is 2. The van der Waals surface area contributed by atoms with E-state index in [-0.39, 0.29) is 24.8 Å². The number of ether oxygens (including phenoxy) is 3. The second kappa shape index (κ2) is 9.78. The maximum absolute atomic E-state index is 12.2. The summed E-state index contributed by atoms with van der Waals surface area (Å²) in [5, 5.41) is 0. The third-order valence-corrected chi connectivity index (χ3v) is 4.57. The van der Waals surface area contributed by atoms with Crippen molar-refractivity contribution in [3.05, 3.63) is 65.7 Å². The Balaban J connectivity index is 1.42. The lowest BCUT2D eigenvalue weighted by Crippen LogP contribution is -2.42. The van der Waals surface area contributed by atoms with E-state index in [0.717, 1.165) is 18.4 Å². The highest BCUT2D eigenvalue weighted by molar-refractivity contribution is 5.89. The standard InChI is InChI=1S/C22H25NO5/c1-2-26-21(24)18-8-10-19(11-9-18)28-20-12-14-23(15-13-20)22(25)27-16-17-6-4-3-5-7-17/h3-11,20H,2,12-16H2,1H3. The van der Waals surface area contributed by atoms with E-state index in [1.54, 1.807) is 36.1 Å². The van der Waals surface area contributed by atoms with Gasteiger partial charge in [0, 0.05) is 25.9 Å². The number of hydrogen-bond acceptors (Lipinski definition) is 5. The molecule has 148 valence electrons. The smallest absolute Gasteiger partial charge is 0.410 e. The Bertz CT molecular complexity index is 767. The van der Waals surface area contributed by atoms with Gasteiger partial charge >= 0.3 is 12.1 Å². The van der Waals surface area contributed by atoms with Crippen LogP contribution in [-0.2, 0) is 16.1 Å². The molecule has 0 saturated carbocycles. The van der Waals surface area contributed by atoms with Crippen molar-refractivity contribution < 1.29 is 23.8 Å². The predicted octanol–water partition coefficient (Wildman–Crippen LogP) is 4.04. The topological polar surface area (TPSA) is 65.1 Å². The Hall–Kier alpha value is -3.02. The molecular weight excluding hydrogens is 358 g/mol. The van der Waals surface area contributed by atoms with Crippen molar-refractivity contribution in [3.8, 4) is 5.75 Å². The summed E-state index contributed by atoms with van der Waals surface area (Å²) in [4.78, 5) is 25.6. The average molecular weight is 383 g/mol. The summed E-state index contributed by atoms with van der Waals surface area (Å²) in [6.07, 6.45) is 1.22. The Kier molecular flexibility index (Phi) is 6.89. The molecule has 0 atom stereocenters. The van der Waals surface area contributed by atoms with Gasteiger partial charge in [0.2, 0.25) is 0 Å². The van der Waals surface area contributed by atoms with E-state index in [0.29, 0.717) is 31.0 Å². The van der Waals surface area contributed by atoms with Crippen LogP contribution in [0, 0.1) is 0 Å². The molecule has 0 N–H and O–H groups in total. The summed E-state index contributed by atoms with van der Waals surface area (Å²) in [6, 6.07) is 16.6. The molecular formula is C22H25NO5. The van der Waals surface area contributed by atoms with Crippen LogP contribution in [0.4, 0.5) is 4.79 Å². The molecule has 0 aromatic heterocycles. The number of esters is 1. The van der Waals surface area contributed by atoms with Crippen LogP contribution in [0.2, 0.25) is 0 Å². The summed E-state index contributed by atoms with van der Waals surface area (Å²) in [6.45, 7) is 3.60.